The van der Waals surface area contributed by atoms with Crippen LogP contribution in [0.3, 0.4) is 0 Å². The van der Waals surface area contributed by atoms with Crippen LogP contribution in [-0.4, -0.2) is 13.5 Å². The van der Waals surface area contributed by atoms with Gasteiger partial charge in [-0.3, -0.25) is 0 Å². The van der Waals surface area contributed by atoms with Gasteiger partial charge in [0.15, 0.2) is 7.85 Å². The molecule has 0 aliphatic carbocycles. The van der Waals surface area contributed by atoms with E-state index in [4.69, 9.17) is 13.1 Å². The number of rotatable bonds is 4. The maximum Gasteiger partial charge on any atom is 0.167 e. The van der Waals surface area contributed by atoms with Crippen LogP contribution in [0.15, 0.2) is 0 Å². The highest BCUT2D eigenvalue weighted by molar-refractivity contribution is 6.57. The highest BCUT2D eigenvalue weighted by atomic mass is 16.1. The lowest BCUT2D eigenvalue weighted by atomic mass is 9.75. The standard InChI is InChI=1S/C9H14BNO/c1-7(2)9(3,6-11)5-4-8(10)12/h7H,4-5H2,1-3H3. The molecule has 1 atom stereocenters. The van der Waals surface area contributed by atoms with Gasteiger partial charge in [0, 0.05) is 0 Å². The van der Waals surface area contributed by atoms with Gasteiger partial charge in [0.2, 0.25) is 0 Å². The molecular weight excluding hydrogens is 149 g/mol. The summed E-state index contributed by atoms with van der Waals surface area (Å²) >= 11 is 0. The number of hydrogen-bond donors (Lipinski definition) is 0. The van der Waals surface area contributed by atoms with Crippen LogP contribution in [0.1, 0.15) is 33.6 Å². The maximum atomic E-state index is 10.5. The summed E-state index contributed by atoms with van der Waals surface area (Å²) in [6, 6.07) is 2.23. The van der Waals surface area contributed by atoms with Crippen molar-refractivity contribution in [1.29, 1.82) is 5.26 Å². The molecular formula is C9H14BNO. The molecule has 0 N–H and O–H groups in total. The van der Waals surface area contributed by atoms with E-state index in [9.17, 15) is 4.79 Å². The highest BCUT2D eigenvalue weighted by Gasteiger charge is 2.27. The van der Waals surface area contributed by atoms with Crippen LogP contribution in [0.5, 0.6) is 0 Å². The average Bonchev–Trinajstić information content (AvgIpc) is 1.99. The molecule has 2 radical (unpaired) electrons. The smallest absolute Gasteiger partial charge is 0.167 e. The van der Waals surface area contributed by atoms with Gasteiger partial charge in [0.05, 0.1) is 17.2 Å². The predicted octanol–water partition coefficient (Wildman–Crippen LogP) is 1.65. The van der Waals surface area contributed by atoms with E-state index in [1.165, 1.54) is 0 Å². The van der Waals surface area contributed by atoms with Crippen molar-refractivity contribution in [2.45, 2.75) is 33.6 Å². The molecule has 0 amide bonds. The Morgan fingerprint density at radius 3 is 2.42 bits per heavy atom. The summed E-state index contributed by atoms with van der Waals surface area (Å²) in [6.45, 7) is 5.81. The Kier molecular flexibility index (Phi) is 4.02. The van der Waals surface area contributed by atoms with Crippen LogP contribution in [-0.2, 0) is 4.79 Å². The van der Waals surface area contributed by atoms with Crippen molar-refractivity contribution in [2.75, 3.05) is 0 Å². The van der Waals surface area contributed by atoms with Gasteiger partial charge in [0.1, 0.15) is 0 Å². The largest absolute Gasteiger partial charge is 0.313 e. The number of carbonyl (C=O) groups is 1. The van der Waals surface area contributed by atoms with Gasteiger partial charge in [-0.25, -0.2) is 0 Å². The van der Waals surface area contributed by atoms with Gasteiger partial charge in [0.25, 0.3) is 0 Å². The predicted molar refractivity (Wildman–Crippen MR) is 48.6 cm³/mol. The molecule has 0 fully saturated rings. The van der Waals surface area contributed by atoms with Gasteiger partial charge in [-0.15, -0.1) is 0 Å². The van der Waals surface area contributed by atoms with Crippen molar-refractivity contribution in [1.82, 2.24) is 0 Å². The van der Waals surface area contributed by atoms with Crippen LogP contribution in [0.2, 0.25) is 0 Å². The lowest BCUT2D eigenvalue weighted by Gasteiger charge is -2.25. The third-order valence-corrected chi connectivity index (χ3v) is 2.42. The Morgan fingerprint density at radius 1 is 1.67 bits per heavy atom. The number of nitrogens with zero attached hydrogens (tertiary/aromatic N) is 1. The SMILES string of the molecule is [B]C(=O)CCC(C)(C#N)C(C)C. The van der Waals surface area contributed by atoms with E-state index in [1.807, 2.05) is 20.8 Å². The summed E-state index contributed by atoms with van der Waals surface area (Å²) in [4.78, 5) is 10.5. The minimum Gasteiger partial charge on any atom is -0.313 e. The van der Waals surface area contributed by atoms with E-state index in [0.29, 0.717) is 12.8 Å². The Bertz CT molecular complexity index is 207. The van der Waals surface area contributed by atoms with E-state index < -0.39 is 5.41 Å². The summed E-state index contributed by atoms with van der Waals surface area (Å²) in [5.41, 5.74) is -0.758. The van der Waals surface area contributed by atoms with Crippen molar-refractivity contribution in [3.8, 4) is 6.07 Å². The molecule has 64 valence electrons. The molecule has 0 heterocycles. The normalized spacial score (nSPS) is 15.2. The van der Waals surface area contributed by atoms with E-state index in [0.717, 1.165) is 0 Å². The van der Waals surface area contributed by atoms with Crippen molar-refractivity contribution in [3.05, 3.63) is 0 Å². The number of nitriles is 1. The first-order valence-corrected chi connectivity index (χ1v) is 4.12. The summed E-state index contributed by atoms with van der Waals surface area (Å²) in [6.07, 6.45) is 0.846. The topological polar surface area (TPSA) is 40.9 Å². The van der Waals surface area contributed by atoms with Gasteiger partial charge >= 0.3 is 0 Å². The molecule has 0 aromatic heterocycles. The van der Waals surface area contributed by atoms with Gasteiger partial charge in [-0.1, -0.05) is 13.8 Å². The molecule has 0 aliphatic rings. The van der Waals surface area contributed by atoms with Crippen LogP contribution < -0.4 is 0 Å². The monoisotopic (exact) mass is 163 g/mol. The van der Waals surface area contributed by atoms with Crippen molar-refractivity contribution >= 4 is 13.5 Å². The molecule has 0 rings (SSSR count). The molecule has 0 saturated carbocycles. The second-order valence-corrected chi connectivity index (χ2v) is 3.65. The minimum atomic E-state index is -0.422. The van der Waals surface area contributed by atoms with E-state index in [-0.39, 0.29) is 11.6 Å². The Morgan fingerprint density at radius 2 is 2.17 bits per heavy atom. The fourth-order valence-corrected chi connectivity index (χ4v) is 0.857. The zero-order valence-corrected chi connectivity index (χ0v) is 7.92. The summed E-state index contributed by atoms with van der Waals surface area (Å²) < 4.78 is 0. The molecule has 0 spiro atoms. The molecule has 0 aromatic carbocycles. The first-order chi connectivity index (χ1) is 5.42. The zero-order valence-electron chi connectivity index (χ0n) is 7.92. The molecule has 0 aliphatic heterocycles. The second kappa shape index (κ2) is 4.30. The number of hydrogen-bond acceptors (Lipinski definition) is 2. The van der Waals surface area contributed by atoms with Gasteiger partial charge in [-0.2, -0.15) is 5.26 Å². The fourth-order valence-electron chi connectivity index (χ4n) is 0.857. The van der Waals surface area contributed by atoms with Crippen LogP contribution in [0.4, 0.5) is 0 Å². The number of carbonyl (C=O) groups excluding carboxylic acids is 1. The van der Waals surface area contributed by atoms with Gasteiger partial charge in [-0.05, 0) is 25.7 Å². The summed E-state index contributed by atoms with van der Waals surface area (Å²) in [5, 5.41) is 8.87. The van der Waals surface area contributed by atoms with E-state index in [1.54, 1.807) is 0 Å². The Labute approximate surface area is 75.4 Å². The molecule has 3 heteroatoms. The Balaban J connectivity index is 4.18. The first-order valence-electron chi connectivity index (χ1n) is 4.12. The molecule has 0 aromatic rings. The lowest BCUT2D eigenvalue weighted by Crippen LogP contribution is -2.22. The quantitative estimate of drug-likeness (QED) is 0.591. The van der Waals surface area contributed by atoms with Gasteiger partial charge < -0.3 is 4.79 Å². The van der Waals surface area contributed by atoms with E-state index in [2.05, 4.69) is 6.07 Å². The third-order valence-electron chi connectivity index (χ3n) is 2.42. The van der Waals surface area contributed by atoms with E-state index >= 15 is 0 Å². The molecule has 0 bridgehead atoms. The maximum absolute atomic E-state index is 10.5. The van der Waals surface area contributed by atoms with Crippen molar-refractivity contribution < 1.29 is 4.79 Å². The fraction of sp³-hybridized carbons (Fsp3) is 0.778. The van der Waals surface area contributed by atoms with Crippen molar-refractivity contribution in [2.24, 2.45) is 11.3 Å². The molecule has 1 unspecified atom stereocenters. The second-order valence-electron chi connectivity index (χ2n) is 3.65. The van der Waals surface area contributed by atoms with Crippen molar-refractivity contribution in [3.63, 3.8) is 0 Å². The zero-order chi connectivity index (χ0) is 9.78. The van der Waals surface area contributed by atoms with Crippen LogP contribution in [0.25, 0.3) is 0 Å². The first kappa shape index (κ1) is 11.2. The highest BCUT2D eigenvalue weighted by Crippen LogP contribution is 2.31. The van der Waals surface area contributed by atoms with Crippen LogP contribution >= 0.6 is 0 Å². The molecule has 12 heavy (non-hydrogen) atoms. The third kappa shape index (κ3) is 3.08. The Hall–Kier alpha value is -0.775. The van der Waals surface area contributed by atoms with Crippen LogP contribution in [0, 0.1) is 22.7 Å². The summed E-state index contributed by atoms with van der Waals surface area (Å²) in [7, 11) is 5.01. The lowest BCUT2D eigenvalue weighted by molar-refractivity contribution is -0.112. The minimum absolute atomic E-state index is 0.252. The average molecular weight is 163 g/mol. The molecule has 2 nitrogen and oxygen atoms in total. The molecule has 0 saturated heterocycles. The summed E-state index contributed by atoms with van der Waals surface area (Å²) in [5.74, 6) is 0.252.